The Labute approximate surface area is 140 Å². The van der Waals surface area contributed by atoms with Gasteiger partial charge in [-0.05, 0) is 35.4 Å². The van der Waals surface area contributed by atoms with Gasteiger partial charge in [-0.25, -0.2) is 0 Å². The summed E-state index contributed by atoms with van der Waals surface area (Å²) in [5.74, 6) is 0.255. The van der Waals surface area contributed by atoms with Gasteiger partial charge in [-0.3, -0.25) is 9.59 Å². The van der Waals surface area contributed by atoms with Crippen LogP contribution in [0.4, 0.5) is 5.69 Å². The predicted molar refractivity (Wildman–Crippen MR) is 95.0 cm³/mol. The fourth-order valence-corrected chi connectivity index (χ4v) is 2.91. The maximum absolute atomic E-state index is 12.0. The van der Waals surface area contributed by atoms with Crippen molar-refractivity contribution in [1.29, 1.82) is 0 Å². The number of carbonyl (C=O) groups is 2. The maximum atomic E-state index is 12.0. The van der Waals surface area contributed by atoms with Crippen molar-refractivity contribution in [3.63, 3.8) is 0 Å². The third-order valence-electron chi connectivity index (χ3n) is 3.47. The summed E-state index contributed by atoms with van der Waals surface area (Å²) in [6.45, 7) is 4.70. The van der Waals surface area contributed by atoms with Crippen LogP contribution in [-0.4, -0.2) is 18.4 Å². The van der Waals surface area contributed by atoms with Crippen molar-refractivity contribution in [3.05, 3.63) is 52.2 Å². The van der Waals surface area contributed by atoms with Gasteiger partial charge >= 0.3 is 0 Å². The van der Waals surface area contributed by atoms with Gasteiger partial charge < -0.3 is 10.6 Å². The van der Waals surface area contributed by atoms with E-state index in [0.717, 1.165) is 11.3 Å². The van der Waals surface area contributed by atoms with Crippen LogP contribution in [0.5, 0.6) is 0 Å². The number of hydrogen-bond acceptors (Lipinski definition) is 3. The molecule has 0 atom stereocenters. The smallest absolute Gasteiger partial charge is 0.261 e. The summed E-state index contributed by atoms with van der Waals surface area (Å²) in [4.78, 5) is 24.5. The number of benzene rings is 1. The highest BCUT2D eigenvalue weighted by Crippen LogP contribution is 2.23. The lowest BCUT2D eigenvalue weighted by molar-refractivity contribution is -0.116. The first-order chi connectivity index (χ1) is 11.1. The molecule has 0 aliphatic rings. The fraction of sp³-hybridized carbons (Fsp3) is 0.333. The summed E-state index contributed by atoms with van der Waals surface area (Å²) >= 11 is 1.41. The number of hydrogen-bond donors (Lipinski definition) is 2. The van der Waals surface area contributed by atoms with Gasteiger partial charge in [0.05, 0.1) is 4.88 Å². The molecule has 0 saturated carbocycles. The number of rotatable bonds is 7. The Kier molecular flexibility index (Phi) is 6.35. The summed E-state index contributed by atoms with van der Waals surface area (Å²) in [7, 11) is 0. The van der Waals surface area contributed by atoms with E-state index in [1.165, 1.54) is 11.3 Å². The Morgan fingerprint density at radius 2 is 1.91 bits per heavy atom. The van der Waals surface area contributed by atoms with Crippen molar-refractivity contribution in [3.8, 4) is 0 Å². The Balaban J connectivity index is 1.74. The molecule has 1 aromatic heterocycles. The minimum absolute atomic E-state index is 0.0246. The first-order valence-corrected chi connectivity index (χ1v) is 8.66. The largest absolute Gasteiger partial charge is 0.351 e. The van der Waals surface area contributed by atoms with Gasteiger partial charge in [-0.2, -0.15) is 0 Å². The predicted octanol–water partition coefficient (Wildman–Crippen LogP) is 4.02. The van der Waals surface area contributed by atoms with Crippen molar-refractivity contribution in [2.45, 2.75) is 32.6 Å². The van der Waals surface area contributed by atoms with Crippen molar-refractivity contribution in [2.75, 3.05) is 11.9 Å². The maximum Gasteiger partial charge on any atom is 0.261 e. The van der Waals surface area contributed by atoms with Crippen molar-refractivity contribution >= 4 is 28.8 Å². The minimum atomic E-state index is -0.0782. The van der Waals surface area contributed by atoms with E-state index in [9.17, 15) is 9.59 Å². The van der Waals surface area contributed by atoms with E-state index in [2.05, 4.69) is 24.5 Å². The molecule has 0 bridgehead atoms. The first kappa shape index (κ1) is 17.2. The molecule has 2 amide bonds. The summed E-state index contributed by atoms with van der Waals surface area (Å²) in [6.07, 6.45) is 1.00. The summed E-state index contributed by atoms with van der Waals surface area (Å²) in [6, 6.07) is 11.5. The normalized spacial score (nSPS) is 10.6. The second-order valence-corrected chi connectivity index (χ2v) is 6.57. The van der Waals surface area contributed by atoms with E-state index in [-0.39, 0.29) is 11.8 Å². The molecule has 1 aromatic carbocycles. The zero-order valence-corrected chi connectivity index (χ0v) is 14.3. The third-order valence-corrected chi connectivity index (χ3v) is 4.34. The first-order valence-electron chi connectivity index (χ1n) is 7.78. The Bertz CT molecular complexity index is 651. The lowest BCUT2D eigenvalue weighted by atomic mass is 10.0. The van der Waals surface area contributed by atoms with Gasteiger partial charge in [0.1, 0.15) is 0 Å². The average Bonchev–Trinajstić information content (AvgIpc) is 3.06. The Morgan fingerprint density at radius 1 is 1.13 bits per heavy atom. The highest BCUT2D eigenvalue weighted by atomic mass is 32.1. The van der Waals surface area contributed by atoms with Crippen LogP contribution in [0.1, 0.15) is 47.8 Å². The van der Waals surface area contributed by atoms with Crippen LogP contribution in [0, 0.1) is 0 Å². The standard InChI is InChI=1S/C18H22N2O2S/c1-13(2)14-7-3-4-8-15(14)20-17(21)10-5-11-19-18(22)16-9-6-12-23-16/h3-4,6-9,12-13H,5,10-11H2,1-2H3,(H,19,22)(H,20,21). The van der Waals surface area contributed by atoms with E-state index in [1.807, 2.05) is 35.7 Å². The van der Waals surface area contributed by atoms with E-state index < -0.39 is 0 Å². The van der Waals surface area contributed by atoms with Crippen LogP contribution in [0.2, 0.25) is 0 Å². The van der Waals surface area contributed by atoms with E-state index in [0.29, 0.717) is 30.2 Å². The topological polar surface area (TPSA) is 58.2 Å². The molecule has 0 unspecified atom stereocenters. The average molecular weight is 330 g/mol. The second kappa shape index (κ2) is 8.48. The molecule has 5 heteroatoms. The van der Waals surface area contributed by atoms with Gasteiger partial charge in [0.25, 0.3) is 5.91 Å². The summed E-state index contributed by atoms with van der Waals surface area (Å²) < 4.78 is 0. The zero-order chi connectivity index (χ0) is 16.7. The number of anilines is 1. The molecule has 0 aliphatic heterocycles. The van der Waals surface area contributed by atoms with Gasteiger partial charge in [0.15, 0.2) is 0 Å². The molecule has 0 saturated heterocycles. The van der Waals surface area contributed by atoms with Crippen LogP contribution in [0.3, 0.4) is 0 Å². The molecule has 2 N–H and O–H groups in total. The molecule has 0 spiro atoms. The van der Waals surface area contributed by atoms with Gasteiger partial charge in [0.2, 0.25) is 5.91 Å². The van der Waals surface area contributed by atoms with Crippen molar-refractivity contribution in [2.24, 2.45) is 0 Å². The molecule has 1 heterocycles. The molecule has 2 aromatic rings. The van der Waals surface area contributed by atoms with Crippen LogP contribution in [0.15, 0.2) is 41.8 Å². The van der Waals surface area contributed by atoms with Gasteiger partial charge in [-0.15, -0.1) is 11.3 Å². The molecule has 4 nitrogen and oxygen atoms in total. The number of nitrogens with one attached hydrogen (secondary N) is 2. The van der Waals surface area contributed by atoms with E-state index in [4.69, 9.17) is 0 Å². The minimum Gasteiger partial charge on any atom is -0.351 e. The van der Waals surface area contributed by atoms with Crippen LogP contribution >= 0.6 is 11.3 Å². The lowest BCUT2D eigenvalue weighted by Crippen LogP contribution is -2.24. The van der Waals surface area contributed by atoms with E-state index in [1.54, 1.807) is 6.07 Å². The zero-order valence-electron chi connectivity index (χ0n) is 13.5. The van der Waals surface area contributed by atoms with Gasteiger partial charge in [-0.1, -0.05) is 38.1 Å². The van der Waals surface area contributed by atoms with Crippen molar-refractivity contribution in [1.82, 2.24) is 5.32 Å². The number of amides is 2. The molecule has 23 heavy (non-hydrogen) atoms. The monoisotopic (exact) mass is 330 g/mol. The summed E-state index contributed by atoms with van der Waals surface area (Å²) in [5.41, 5.74) is 2.00. The third kappa shape index (κ3) is 5.21. The molecule has 122 valence electrons. The highest BCUT2D eigenvalue weighted by Gasteiger charge is 2.09. The molecule has 2 rings (SSSR count). The Hall–Kier alpha value is -2.14. The van der Waals surface area contributed by atoms with Crippen LogP contribution < -0.4 is 10.6 Å². The lowest BCUT2D eigenvalue weighted by Gasteiger charge is -2.13. The highest BCUT2D eigenvalue weighted by molar-refractivity contribution is 7.12. The quantitative estimate of drug-likeness (QED) is 0.753. The molecular weight excluding hydrogens is 308 g/mol. The van der Waals surface area contributed by atoms with Gasteiger partial charge in [0, 0.05) is 18.7 Å². The number of thiophene rings is 1. The number of carbonyl (C=O) groups excluding carboxylic acids is 2. The number of para-hydroxylation sites is 1. The molecule has 0 radical (unpaired) electrons. The van der Waals surface area contributed by atoms with Crippen molar-refractivity contribution < 1.29 is 9.59 Å². The SMILES string of the molecule is CC(C)c1ccccc1NC(=O)CCCNC(=O)c1cccs1. The second-order valence-electron chi connectivity index (χ2n) is 5.63. The molecular formula is C18H22N2O2S. The van der Waals surface area contributed by atoms with Crippen LogP contribution in [-0.2, 0) is 4.79 Å². The van der Waals surface area contributed by atoms with Crippen LogP contribution in [0.25, 0.3) is 0 Å². The van der Waals surface area contributed by atoms with E-state index >= 15 is 0 Å². The Morgan fingerprint density at radius 3 is 2.61 bits per heavy atom. The molecule has 0 aliphatic carbocycles. The fourth-order valence-electron chi connectivity index (χ4n) is 2.27. The molecule has 0 fully saturated rings. The summed E-state index contributed by atoms with van der Waals surface area (Å²) in [5, 5.41) is 7.65.